The average molecular weight is 259 g/mol. The number of aryl methyl sites for hydroxylation is 2. The van der Waals surface area contributed by atoms with E-state index in [0.717, 1.165) is 5.56 Å². The predicted octanol–water partition coefficient (Wildman–Crippen LogP) is 2.99. The van der Waals surface area contributed by atoms with Crippen molar-refractivity contribution in [1.82, 2.24) is 5.32 Å². The number of rotatable bonds is 5. The average Bonchev–Trinajstić information content (AvgIpc) is 3.09. The molecule has 1 aromatic carbocycles. The first-order chi connectivity index (χ1) is 9.15. The Morgan fingerprint density at radius 3 is 2.58 bits per heavy atom. The van der Waals surface area contributed by atoms with Gasteiger partial charge in [0.05, 0.1) is 6.10 Å². The lowest BCUT2D eigenvalue weighted by molar-refractivity contribution is 0.104. The first kappa shape index (κ1) is 13.1. The van der Waals surface area contributed by atoms with Crippen molar-refractivity contribution in [2.45, 2.75) is 64.1 Å². The molecular weight excluding hydrogens is 234 g/mol. The van der Waals surface area contributed by atoms with E-state index in [-0.39, 0.29) is 12.1 Å². The highest BCUT2D eigenvalue weighted by molar-refractivity contribution is 5.36. The summed E-state index contributed by atoms with van der Waals surface area (Å²) in [6.45, 7) is 4.38. The Morgan fingerprint density at radius 2 is 1.89 bits per heavy atom. The van der Waals surface area contributed by atoms with Gasteiger partial charge in [0, 0.05) is 12.1 Å². The summed E-state index contributed by atoms with van der Waals surface area (Å²) in [6, 6.07) is 7.38. The van der Waals surface area contributed by atoms with Crippen LogP contribution in [-0.2, 0) is 12.8 Å². The SMILES string of the molecule is CC(C)C(NC1CC1)C(O)c1ccc2c(c1)CCC2. The predicted molar refractivity (Wildman–Crippen MR) is 78.2 cm³/mol. The molecule has 2 heteroatoms. The van der Waals surface area contributed by atoms with Crippen molar-refractivity contribution >= 4 is 0 Å². The van der Waals surface area contributed by atoms with Gasteiger partial charge in [0.15, 0.2) is 0 Å². The minimum atomic E-state index is -0.383. The topological polar surface area (TPSA) is 32.3 Å². The second kappa shape index (κ2) is 5.26. The Bertz CT molecular complexity index is 451. The van der Waals surface area contributed by atoms with Crippen LogP contribution in [0.5, 0.6) is 0 Å². The molecule has 3 rings (SSSR count). The maximum atomic E-state index is 10.7. The minimum Gasteiger partial charge on any atom is -0.387 e. The van der Waals surface area contributed by atoms with E-state index >= 15 is 0 Å². The quantitative estimate of drug-likeness (QED) is 0.852. The van der Waals surface area contributed by atoms with Crippen LogP contribution in [0.2, 0.25) is 0 Å². The Labute approximate surface area is 116 Å². The molecule has 0 spiro atoms. The van der Waals surface area contributed by atoms with Gasteiger partial charge in [-0.25, -0.2) is 0 Å². The van der Waals surface area contributed by atoms with Gasteiger partial charge in [-0.3, -0.25) is 0 Å². The standard InChI is InChI=1S/C17H25NO/c1-11(2)16(18-15-8-9-15)17(19)14-7-6-12-4-3-5-13(12)10-14/h6-7,10-11,15-19H,3-5,8-9H2,1-2H3. The Hall–Kier alpha value is -0.860. The van der Waals surface area contributed by atoms with Gasteiger partial charge in [0.2, 0.25) is 0 Å². The number of benzene rings is 1. The van der Waals surface area contributed by atoms with Crippen LogP contribution in [0.4, 0.5) is 0 Å². The van der Waals surface area contributed by atoms with Crippen LogP contribution in [0.25, 0.3) is 0 Å². The molecule has 1 fully saturated rings. The fourth-order valence-electron chi connectivity index (χ4n) is 3.15. The van der Waals surface area contributed by atoms with Gasteiger partial charge >= 0.3 is 0 Å². The molecule has 19 heavy (non-hydrogen) atoms. The second-order valence-corrected chi connectivity index (χ2v) is 6.54. The molecule has 2 aliphatic carbocycles. The van der Waals surface area contributed by atoms with Crippen molar-refractivity contribution in [3.8, 4) is 0 Å². The third kappa shape index (κ3) is 2.85. The molecule has 0 aromatic heterocycles. The first-order valence-electron chi connectivity index (χ1n) is 7.71. The van der Waals surface area contributed by atoms with Gasteiger partial charge in [-0.2, -0.15) is 0 Å². The first-order valence-corrected chi connectivity index (χ1v) is 7.71. The fraction of sp³-hybridized carbons (Fsp3) is 0.647. The van der Waals surface area contributed by atoms with Crippen LogP contribution >= 0.6 is 0 Å². The maximum Gasteiger partial charge on any atom is 0.0945 e. The highest BCUT2D eigenvalue weighted by Crippen LogP contribution is 2.30. The maximum absolute atomic E-state index is 10.7. The van der Waals surface area contributed by atoms with Crippen LogP contribution in [0.3, 0.4) is 0 Å². The minimum absolute atomic E-state index is 0.173. The number of fused-ring (bicyclic) bond motifs is 1. The lowest BCUT2D eigenvalue weighted by Gasteiger charge is -2.28. The van der Waals surface area contributed by atoms with Gasteiger partial charge in [-0.1, -0.05) is 32.0 Å². The number of aliphatic hydroxyl groups excluding tert-OH is 1. The largest absolute Gasteiger partial charge is 0.387 e. The Morgan fingerprint density at radius 1 is 1.16 bits per heavy atom. The summed E-state index contributed by atoms with van der Waals surface area (Å²) in [5.74, 6) is 0.448. The second-order valence-electron chi connectivity index (χ2n) is 6.54. The van der Waals surface area contributed by atoms with Crippen LogP contribution in [-0.4, -0.2) is 17.2 Å². The van der Waals surface area contributed by atoms with E-state index in [2.05, 4.69) is 37.4 Å². The molecule has 0 radical (unpaired) electrons. The molecule has 1 saturated carbocycles. The van der Waals surface area contributed by atoms with Crippen molar-refractivity contribution in [3.05, 3.63) is 34.9 Å². The molecule has 0 saturated heterocycles. The number of nitrogens with one attached hydrogen (secondary N) is 1. The number of hydrogen-bond acceptors (Lipinski definition) is 2. The van der Waals surface area contributed by atoms with Gasteiger partial charge in [0.1, 0.15) is 0 Å². The smallest absolute Gasteiger partial charge is 0.0945 e. The monoisotopic (exact) mass is 259 g/mol. The Balaban J connectivity index is 1.78. The van der Waals surface area contributed by atoms with Crippen molar-refractivity contribution in [1.29, 1.82) is 0 Å². The normalized spacial score (nSPS) is 21.5. The molecule has 2 N–H and O–H groups in total. The van der Waals surface area contributed by atoms with Crippen LogP contribution in [0.1, 0.15) is 55.9 Å². The van der Waals surface area contributed by atoms with Crippen LogP contribution < -0.4 is 5.32 Å². The third-order valence-electron chi connectivity index (χ3n) is 4.53. The van der Waals surface area contributed by atoms with E-state index in [4.69, 9.17) is 0 Å². The summed E-state index contributed by atoms with van der Waals surface area (Å²) in [4.78, 5) is 0. The van der Waals surface area contributed by atoms with E-state index in [9.17, 15) is 5.11 Å². The summed E-state index contributed by atoms with van der Waals surface area (Å²) in [5.41, 5.74) is 4.02. The summed E-state index contributed by atoms with van der Waals surface area (Å²) in [7, 11) is 0. The molecule has 0 amide bonds. The van der Waals surface area contributed by atoms with Crippen molar-refractivity contribution in [2.75, 3.05) is 0 Å². The van der Waals surface area contributed by atoms with Crippen molar-refractivity contribution in [3.63, 3.8) is 0 Å². The lowest BCUT2D eigenvalue weighted by atomic mass is 9.91. The van der Waals surface area contributed by atoms with Gasteiger partial charge < -0.3 is 10.4 Å². The molecule has 104 valence electrons. The van der Waals surface area contributed by atoms with E-state index in [1.807, 2.05) is 0 Å². The molecule has 2 unspecified atom stereocenters. The molecule has 0 bridgehead atoms. The Kier molecular flexibility index (Phi) is 3.64. The van der Waals surface area contributed by atoms with Gasteiger partial charge in [0.25, 0.3) is 0 Å². The zero-order valence-corrected chi connectivity index (χ0v) is 12.0. The van der Waals surface area contributed by atoms with E-state index < -0.39 is 0 Å². The lowest BCUT2D eigenvalue weighted by Crippen LogP contribution is -2.40. The zero-order valence-electron chi connectivity index (χ0n) is 12.0. The molecule has 1 aromatic rings. The van der Waals surface area contributed by atoms with Crippen molar-refractivity contribution < 1.29 is 5.11 Å². The number of hydrogen-bond donors (Lipinski definition) is 2. The van der Waals surface area contributed by atoms with Crippen LogP contribution in [0, 0.1) is 5.92 Å². The molecule has 2 atom stereocenters. The molecule has 0 heterocycles. The fourth-order valence-corrected chi connectivity index (χ4v) is 3.15. The van der Waals surface area contributed by atoms with Gasteiger partial charge in [-0.15, -0.1) is 0 Å². The van der Waals surface area contributed by atoms with E-state index in [0.29, 0.717) is 12.0 Å². The molecular formula is C17H25NO. The van der Waals surface area contributed by atoms with Gasteiger partial charge in [-0.05, 0) is 54.7 Å². The third-order valence-corrected chi connectivity index (χ3v) is 4.53. The van der Waals surface area contributed by atoms with Crippen LogP contribution in [0.15, 0.2) is 18.2 Å². The summed E-state index contributed by atoms with van der Waals surface area (Å²) in [6.07, 6.45) is 5.80. The molecule has 0 aliphatic heterocycles. The van der Waals surface area contributed by atoms with Crippen molar-refractivity contribution in [2.24, 2.45) is 5.92 Å². The molecule has 2 aliphatic rings. The zero-order chi connectivity index (χ0) is 13.4. The summed E-state index contributed by atoms with van der Waals surface area (Å²) < 4.78 is 0. The summed E-state index contributed by atoms with van der Waals surface area (Å²) in [5, 5.41) is 14.3. The van der Waals surface area contributed by atoms with E-state index in [1.54, 1.807) is 0 Å². The molecule has 2 nitrogen and oxygen atoms in total. The summed E-state index contributed by atoms with van der Waals surface area (Å²) >= 11 is 0. The van der Waals surface area contributed by atoms with E-state index in [1.165, 1.54) is 43.2 Å². The number of aliphatic hydroxyl groups is 1. The highest BCUT2D eigenvalue weighted by Gasteiger charge is 2.31. The highest BCUT2D eigenvalue weighted by atomic mass is 16.3.